The van der Waals surface area contributed by atoms with Crippen LogP contribution in [-0.4, -0.2) is 21.7 Å². The van der Waals surface area contributed by atoms with Gasteiger partial charge in [0.05, 0.1) is 0 Å². The van der Waals surface area contributed by atoms with Crippen LogP contribution in [0.1, 0.15) is 89.2 Å². The van der Waals surface area contributed by atoms with Crippen LogP contribution in [0.2, 0.25) is 0 Å². The van der Waals surface area contributed by atoms with E-state index in [2.05, 4.69) is 68.3 Å². The van der Waals surface area contributed by atoms with Gasteiger partial charge in [-0.1, -0.05) is 106 Å². The van der Waals surface area contributed by atoms with E-state index in [1.165, 1.54) is 84.3 Å². The molecule has 0 unspecified atom stereocenters. The fourth-order valence-electron chi connectivity index (χ4n) is 5.30. The van der Waals surface area contributed by atoms with Crippen molar-refractivity contribution in [2.24, 2.45) is 0 Å². The third kappa shape index (κ3) is 8.21. The first-order valence-corrected chi connectivity index (χ1v) is 16.3. The van der Waals surface area contributed by atoms with Crippen LogP contribution in [0.4, 0.5) is 0 Å². The zero-order chi connectivity index (χ0) is 25.3. The van der Waals surface area contributed by atoms with Crippen molar-refractivity contribution in [3.05, 3.63) is 56.5 Å². The second kappa shape index (κ2) is 14.4. The summed E-state index contributed by atoms with van der Waals surface area (Å²) in [6.07, 6.45) is 11.7. The highest BCUT2D eigenvalue weighted by molar-refractivity contribution is 9.10. The standard InChI is InChI=1S/C29H36Br2O2S2/c1-21(32)34-17-9-5-3-7-15-29(16-8-4-6-10-18-35-22(2)33)27-19-23(30)11-13-25(27)26-14-12-24(31)20-28(26)29/h11-14,19-20H,3-10,15-18H2,1-2H3. The van der Waals surface area contributed by atoms with Crippen molar-refractivity contribution in [3.63, 3.8) is 0 Å². The molecule has 3 rings (SSSR count). The Labute approximate surface area is 236 Å². The first-order chi connectivity index (χ1) is 16.8. The van der Waals surface area contributed by atoms with Crippen LogP contribution in [0, 0.1) is 0 Å². The van der Waals surface area contributed by atoms with Crippen LogP contribution in [0.25, 0.3) is 11.1 Å². The summed E-state index contributed by atoms with van der Waals surface area (Å²) in [7, 11) is 0. The number of unbranched alkanes of at least 4 members (excludes halogenated alkanes) is 6. The highest BCUT2D eigenvalue weighted by atomic mass is 79.9. The lowest BCUT2D eigenvalue weighted by molar-refractivity contribution is -0.109. The zero-order valence-corrected chi connectivity index (χ0v) is 25.6. The molecule has 0 amide bonds. The van der Waals surface area contributed by atoms with Crippen molar-refractivity contribution in [2.75, 3.05) is 11.5 Å². The maximum absolute atomic E-state index is 11.2. The molecule has 0 atom stereocenters. The average Bonchev–Trinajstić information content (AvgIpc) is 3.06. The van der Waals surface area contributed by atoms with Gasteiger partial charge in [-0.3, -0.25) is 9.59 Å². The Balaban J connectivity index is 1.74. The SMILES string of the molecule is CC(=O)SCCCCCCC1(CCCCCCSC(C)=O)c2cc(Br)ccc2-c2ccc(Br)cc21. The fraction of sp³-hybridized carbons (Fsp3) is 0.517. The monoisotopic (exact) mass is 638 g/mol. The van der Waals surface area contributed by atoms with Crippen molar-refractivity contribution in [3.8, 4) is 11.1 Å². The van der Waals surface area contributed by atoms with E-state index in [-0.39, 0.29) is 15.6 Å². The Kier molecular flexibility index (Phi) is 11.9. The van der Waals surface area contributed by atoms with Crippen molar-refractivity contribution in [1.82, 2.24) is 0 Å². The van der Waals surface area contributed by atoms with E-state index >= 15 is 0 Å². The average molecular weight is 641 g/mol. The van der Waals surface area contributed by atoms with Gasteiger partial charge in [0.2, 0.25) is 0 Å². The van der Waals surface area contributed by atoms with Crippen LogP contribution < -0.4 is 0 Å². The molecule has 0 fully saturated rings. The third-order valence-electron chi connectivity index (χ3n) is 6.89. The molecule has 0 aromatic heterocycles. The number of thioether (sulfide) groups is 2. The molecule has 1 aliphatic carbocycles. The van der Waals surface area contributed by atoms with Crippen molar-refractivity contribution >= 4 is 65.6 Å². The highest BCUT2D eigenvalue weighted by Crippen LogP contribution is 2.55. The molecule has 0 saturated carbocycles. The second-order valence-corrected chi connectivity index (χ2v) is 13.8. The number of fused-ring (bicyclic) bond motifs is 3. The van der Waals surface area contributed by atoms with Gasteiger partial charge in [-0.25, -0.2) is 0 Å². The van der Waals surface area contributed by atoms with Gasteiger partial charge in [0.25, 0.3) is 0 Å². The summed E-state index contributed by atoms with van der Waals surface area (Å²) < 4.78 is 2.30. The summed E-state index contributed by atoms with van der Waals surface area (Å²) in [4.78, 5) is 22.4. The van der Waals surface area contributed by atoms with Gasteiger partial charge in [-0.15, -0.1) is 0 Å². The molecule has 35 heavy (non-hydrogen) atoms. The Morgan fingerprint density at radius 2 is 1.06 bits per heavy atom. The van der Waals surface area contributed by atoms with E-state index in [1.54, 1.807) is 13.8 Å². The largest absolute Gasteiger partial charge is 0.288 e. The maximum Gasteiger partial charge on any atom is 0.185 e. The predicted octanol–water partition coefficient (Wildman–Crippen LogP) is 9.94. The van der Waals surface area contributed by atoms with Gasteiger partial charge >= 0.3 is 0 Å². The van der Waals surface area contributed by atoms with E-state index in [4.69, 9.17) is 0 Å². The quantitative estimate of drug-likeness (QED) is 0.193. The molecule has 1 aliphatic rings. The van der Waals surface area contributed by atoms with Crippen molar-refractivity contribution in [2.45, 2.75) is 83.5 Å². The van der Waals surface area contributed by atoms with E-state index in [1.807, 2.05) is 0 Å². The summed E-state index contributed by atoms with van der Waals surface area (Å²) in [5.41, 5.74) is 5.75. The maximum atomic E-state index is 11.2. The molecule has 0 aliphatic heterocycles. The molecule has 0 N–H and O–H groups in total. The Morgan fingerprint density at radius 1 is 0.657 bits per heavy atom. The van der Waals surface area contributed by atoms with E-state index in [0.717, 1.165) is 46.1 Å². The number of hydrogen-bond acceptors (Lipinski definition) is 4. The van der Waals surface area contributed by atoms with E-state index < -0.39 is 0 Å². The van der Waals surface area contributed by atoms with Crippen LogP contribution >= 0.6 is 55.4 Å². The molecule has 0 spiro atoms. The highest BCUT2D eigenvalue weighted by Gasteiger charge is 2.42. The minimum absolute atomic E-state index is 0.0422. The topological polar surface area (TPSA) is 34.1 Å². The lowest BCUT2D eigenvalue weighted by atomic mass is 9.70. The molecule has 190 valence electrons. The van der Waals surface area contributed by atoms with Crippen LogP contribution in [-0.2, 0) is 15.0 Å². The van der Waals surface area contributed by atoms with Crippen molar-refractivity contribution in [1.29, 1.82) is 0 Å². The summed E-state index contributed by atoms with van der Waals surface area (Å²) in [5, 5.41) is 0.443. The van der Waals surface area contributed by atoms with E-state index in [0.29, 0.717) is 0 Å². The minimum Gasteiger partial charge on any atom is -0.288 e. The molecule has 0 radical (unpaired) electrons. The summed E-state index contributed by atoms with van der Waals surface area (Å²) in [6, 6.07) is 13.6. The third-order valence-corrected chi connectivity index (χ3v) is 9.68. The smallest absolute Gasteiger partial charge is 0.185 e. The predicted molar refractivity (Wildman–Crippen MR) is 161 cm³/mol. The Morgan fingerprint density at radius 3 is 1.46 bits per heavy atom. The molecular weight excluding hydrogens is 604 g/mol. The summed E-state index contributed by atoms with van der Waals surface area (Å²) >= 11 is 10.4. The Hall–Kier alpha value is -0.560. The van der Waals surface area contributed by atoms with Crippen molar-refractivity contribution < 1.29 is 9.59 Å². The molecule has 2 aromatic carbocycles. The second-order valence-electron chi connectivity index (χ2n) is 9.47. The van der Waals surface area contributed by atoms with Gasteiger partial charge in [0.15, 0.2) is 10.2 Å². The van der Waals surface area contributed by atoms with Crippen LogP contribution in [0.3, 0.4) is 0 Å². The number of hydrogen-bond donors (Lipinski definition) is 0. The molecule has 2 nitrogen and oxygen atoms in total. The van der Waals surface area contributed by atoms with Gasteiger partial charge in [-0.05, 0) is 72.2 Å². The lowest BCUT2D eigenvalue weighted by Crippen LogP contribution is -2.25. The lowest BCUT2D eigenvalue weighted by Gasteiger charge is -2.33. The number of benzene rings is 2. The normalized spacial score (nSPS) is 13.5. The van der Waals surface area contributed by atoms with Gasteiger partial charge in [-0.2, -0.15) is 0 Å². The molecule has 0 bridgehead atoms. The minimum atomic E-state index is 0.0422. The summed E-state index contributed by atoms with van der Waals surface area (Å²) in [5.74, 6) is 1.88. The molecular formula is C29H36Br2O2S2. The number of rotatable bonds is 14. The van der Waals surface area contributed by atoms with Gasteiger partial charge in [0.1, 0.15) is 0 Å². The Bertz CT molecular complexity index is 940. The molecule has 0 heterocycles. The molecule has 2 aromatic rings. The van der Waals surface area contributed by atoms with Gasteiger partial charge < -0.3 is 0 Å². The van der Waals surface area contributed by atoms with Gasteiger partial charge in [0, 0.05) is 39.7 Å². The molecule has 0 saturated heterocycles. The fourth-order valence-corrected chi connectivity index (χ4v) is 7.29. The zero-order valence-electron chi connectivity index (χ0n) is 20.8. The number of carbonyl (C=O) groups is 2. The number of carbonyl (C=O) groups excluding carboxylic acids is 2. The first-order valence-electron chi connectivity index (χ1n) is 12.7. The first kappa shape index (κ1) is 29.0. The van der Waals surface area contributed by atoms with Crippen LogP contribution in [0.5, 0.6) is 0 Å². The summed E-state index contributed by atoms with van der Waals surface area (Å²) in [6.45, 7) is 3.31. The van der Waals surface area contributed by atoms with E-state index in [9.17, 15) is 9.59 Å². The number of halogens is 2. The van der Waals surface area contributed by atoms with Crippen LogP contribution in [0.15, 0.2) is 45.3 Å². The molecule has 6 heteroatoms.